The van der Waals surface area contributed by atoms with Crippen LogP contribution in [0.15, 0.2) is 6.07 Å². The number of Topliss-reactive ketones (excluding diaryl/α,β-unsaturated/α-hetero) is 1. The molecule has 1 aliphatic heterocycles. The predicted octanol–water partition coefficient (Wildman–Crippen LogP) is 2.89. The van der Waals surface area contributed by atoms with Gasteiger partial charge in [-0.1, -0.05) is 6.92 Å². The summed E-state index contributed by atoms with van der Waals surface area (Å²) in [6, 6.07) is 1.48. The topological polar surface area (TPSA) is 62.5 Å². The van der Waals surface area contributed by atoms with Gasteiger partial charge in [0.1, 0.15) is 6.54 Å². The highest BCUT2D eigenvalue weighted by atomic mass is 19.4. The van der Waals surface area contributed by atoms with E-state index in [4.69, 9.17) is 0 Å². The minimum Gasteiger partial charge on any atom is -0.481 e. The van der Waals surface area contributed by atoms with Gasteiger partial charge in [0.15, 0.2) is 5.78 Å². The van der Waals surface area contributed by atoms with E-state index in [0.29, 0.717) is 24.4 Å². The number of nitrogens with zero attached hydrogens (tertiary/aromatic N) is 2. The molecule has 0 radical (unpaired) electrons. The predicted molar refractivity (Wildman–Crippen MR) is 85.6 cm³/mol. The molecule has 1 aliphatic rings. The molecule has 2 unspecified atom stereocenters. The first-order chi connectivity index (χ1) is 11.5. The third kappa shape index (κ3) is 4.84. The number of hydrogen-bond donors (Lipinski definition) is 1. The van der Waals surface area contributed by atoms with Crippen molar-refractivity contribution in [3.63, 3.8) is 0 Å². The summed E-state index contributed by atoms with van der Waals surface area (Å²) < 4.78 is 39.1. The van der Waals surface area contributed by atoms with Crippen LogP contribution < -0.4 is 0 Å². The number of ketones is 1. The zero-order valence-electron chi connectivity index (χ0n) is 14.6. The van der Waals surface area contributed by atoms with E-state index in [9.17, 15) is 27.9 Å². The van der Waals surface area contributed by atoms with Gasteiger partial charge in [-0.3, -0.25) is 14.5 Å². The second-order valence-electron chi connectivity index (χ2n) is 6.98. The van der Waals surface area contributed by atoms with Crippen molar-refractivity contribution in [3.8, 4) is 0 Å². The summed E-state index contributed by atoms with van der Waals surface area (Å²) in [5.74, 6) is -1.53. The molecule has 1 aromatic rings. The largest absolute Gasteiger partial charge is 0.481 e. The molecular formula is C17H23F3N2O3. The first-order valence-electron chi connectivity index (χ1n) is 8.19. The molecule has 0 spiro atoms. The highest BCUT2D eigenvalue weighted by Gasteiger charge is 2.32. The maximum atomic E-state index is 12.7. The van der Waals surface area contributed by atoms with Gasteiger partial charge >= 0.3 is 12.1 Å². The molecule has 0 aliphatic carbocycles. The Labute approximate surface area is 144 Å². The second-order valence-corrected chi connectivity index (χ2v) is 6.98. The Kier molecular flexibility index (Phi) is 5.61. The van der Waals surface area contributed by atoms with E-state index in [1.807, 2.05) is 6.92 Å². The van der Waals surface area contributed by atoms with Crippen molar-refractivity contribution >= 4 is 11.8 Å². The summed E-state index contributed by atoms with van der Waals surface area (Å²) in [6.07, 6.45) is -3.79. The molecule has 0 amide bonds. The molecule has 2 rings (SSSR count). The van der Waals surface area contributed by atoms with Gasteiger partial charge in [-0.15, -0.1) is 0 Å². The van der Waals surface area contributed by atoms with Crippen molar-refractivity contribution in [2.24, 2.45) is 11.8 Å². The van der Waals surface area contributed by atoms with E-state index in [1.54, 1.807) is 11.8 Å². The van der Waals surface area contributed by atoms with Gasteiger partial charge in [-0.25, -0.2) is 0 Å². The average molecular weight is 360 g/mol. The van der Waals surface area contributed by atoms with Gasteiger partial charge in [0, 0.05) is 30.0 Å². The standard InChI is InChI=1S/C17H23F3N2O3/c1-10-4-13(16(24)25)7-21(6-10)8-15(23)14-5-11(2)22(12(14)3)9-17(18,19)20/h5,10,13H,4,6-9H2,1-3H3,(H,24,25). The Balaban J connectivity index is 2.13. The van der Waals surface area contributed by atoms with Crippen LogP contribution >= 0.6 is 0 Å². The number of alkyl halides is 3. The minimum atomic E-state index is -4.36. The first kappa shape index (κ1) is 19.5. The first-order valence-corrected chi connectivity index (χ1v) is 8.19. The van der Waals surface area contributed by atoms with E-state index >= 15 is 0 Å². The van der Waals surface area contributed by atoms with Gasteiger partial charge in [-0.2, -0.15) is 13.2 Å². The highest BCUT2D eigenvalue weighted by molar-refractivity contribution is 5.99. The molecule has 25 heavy (non-hydrogen) atoms. The third-order valence-electron chi connectivity index (χ3n) is 4.66. The van der Waals surface area contributed by atoms with Crippen molar-refractivity contribution in [2.45, 2.75) is 39.9 Å². The Hall–Kier alpha value is -1.83. The highest BCUT2D eigenvalue weighted by Crippen LogP contribution is 2.25. The number of aliphatic carboxylic acids is 1. The van der Waals surface area contributed by atoms with Crippen molar-refractivity contribution in [1.29, 1.82) is 0 Å². The fourth-order valence-corrected chi connectivity index (χ4v) is 3.56. The van der Waals surface area contributed by atoms with Crippen molar-refractivity contribution in [1.82, 2.24) is 9.47 Å². The normalized spacial score (nSPS) is 22.2. The summed E-state index contributed by atoms with van der Waals surface area (Å²) in [4.78, 5) is 25.6. The number of carbonyl (C=O) groups is 2. The Bertz CT molecular complexity index is 667. The number of carbonyl (C=O) groups excluding carboxylic acids is 1. The minimum absolute atomic E-state index is 0.0183. The molecule has 1 N–H and O–H groups in total. The van der Waals surface area contributed by atoms with Crippen LogP contribution in [0.4, 0.5) is 13.2 Å². The summed E-state index contributed by atoms with van der Waals surface area (Å²) in [7, 11) is 0. The maximum Gasteiger partial charge on any atom is 0.406 e. The Morgan fingerprint density at radius 3 is 2.48 bits per heavy atom. The number of aryl methyl sites for hydroxylation is 1. The molecule has 8 heteroatoms. The van der Waals surface area contributed by atoms with E-state index in [0.717, 1.165) is 4.57 Å². The zero-order valence-corrected chi connectivity index (χ0v) is 14.6. The Morgan fingerprint density at radius 1 is 1.28 bits per heavy atom. The van der Waals surface area contributed by atoms with Crippen LogP contribution in [0.25, 0.3) is 0 Å². The number of rotatable bonds is 5. The lowest BCUT2D eigenvalue weighted by Crippen LogP contribution is -2.44. The van der Waals surface area contributed by atoms with Crippen molar-refractivity contribution in [3.05, 3.63) is 23.0 Å². The van der Waals surface area contributed by atoms with Gasteiger partial charge in [0.2, 0.25) is 0 Å². The number of piperidine rings is 1. The van der Waals surface area contributed by atoms with Crippen molar-refractivity contribution in [2.75, 3.05) is 19.6 Å². The Morgan fingerprint density at radius 2 is 1.92 bits per heavy atom. The van der Waals surface area contributed by atoms with Gasteiger partial charge in [0.05, 0.1) is 12.5 Å². The van der Waals surface area contributed by atoms with E-state index in [2.05, 4.69) is 0 Å². The molecule has 0 bridgehead atoms. The molecule has 1 fully saturated rings. The lowest BCUT2D eigenvalue weighted by Gasteiger charge is -2.34. The zero-order chi connectivity index (χ0) is 18.9. The number of halogens is 3. The number of aromatic nitrogens is 1. The number of likely N-dealkylation sites (tertiary alicyclic amines) is 1. The monoisotopic (exact) mass is 360 g/mol. The number of carboxylic acids is 1. The average Bonchev–Trinajstić information content (AvgIpc) is 2.73. The van der Waals surface area contributed by atoms with E-state index in [1.165, 1.54) is 13.0 Å². The summed E-state index contributed by atoms with van der Waals surface area (Å²) in [5.41, 5.74) is 0.945. The van der Waals surface area contributed by atoms with Crippen LogP contribution in [0.5, 0.6) is 0 Å². The lowest BCUT2D eigenvalue weighted by molar-refractivity contribution is -0.144. The number of hydrogen-bond acceptors (Lipinski definition) is 3. The molecule has 2 atom stereocenters. The molecule has 1 saturated heterocycles. The van der Waals surface area contributed by atoms with E-state index < -0.39 is 24.6 Å². The molecule has 0 saturated carbocycles. The van der Waals surface area contributed by atoms with Crippen LogP contribution in [0.1, 0.15) is 35.1 Å². The molecule has 140 valence electrons. The molecule has 5 nitrogen and oxygen atoms in total. The lowest BCUT2D eigenvalue weighted by atomic mass is 9.90. The van der Waals surface area contributed by atoms with Crippen LogP contribution in [0, 0.1) is 25.7 Å². The molecule has 1 aromatic heterocycles. The summed E-state index contributed by atoms with van der Waals surface area (Å²) in [6.45, 7) is 4.76. The second kappa shape index (κ2) is 7.19. The van der Waals surface area contributed by atoms with Gasteiger partial charge in [-0.05, 0) is 32.3 Å². The van der Waals surface area contributed by atoms with Crippen LogP contribution in [-0.2, 0) is 11.3 Å². The van der Waals surface area contributed by atoms with Crippen molar-refractivity contribution < 1.29 is 27.9 Å². The summed E-state index contributed by atoms with van der Waals surface area (Å²) >= 11 is 0. The molecule has 0 aromatic carbocycles. The van der Waals surface area contributed by atoms with Gasteiger partial charge < -0.3 is 9.67 Å². The molecule has 2 heterocycles. The summed E-state index contributed by atoms with van der Waals surface area (Å²) in [5, 5.41) is 9.20. The fraction of sp³-hybridized carbons (Fsp3) is 0.647. The maximum absolute atomic E-state index is 12.7. The smallest absolute Gasteiger partial charge is 0.406 e. The van der Waals surface area contributed by atoms with Gasteiger partial charge in [0.25, 0.3) is 0 Å². The van der Waals surface area contributed by atoms with Crippen LogP contribution in [0.2, 0.25) is 0 Å². The SMILES string of the molecule is Cc1cc(C(=O)CN2CC(C)CC(C(=O)O)C2)c(C)n1CC(F)(F)F. The number of carboxylic acid groups (broad SMARTS) is 1. The fourth-order valence-electron chi connectivity index (χ4n) is 3.56. The molecular weight excluding hydrogens is 337 g/mol. The van der Waals surface area contributed by atoms with Crippen LogP contribution in [-0.4, -0.2) is 52.1 Å². The van der Waals surface area contributed by atoms with Crippen LogP contribution in [0.3, 0.4) is 0 Å². The van der Waals surface area contributed by atoms with E-state index in [-0.39, 0.29) is 30.4 Å². The third-order valence-corrected chi connectivity index (χ3v) is 4.66. The quantitative estimate of drug-likeness (QED) is 0.820.